The van der Waals surface area contributed by atoms with Gasteiger partial charge in [0.2, 0.25) is 17.8 Å². The molecule has 4 rings (SSSR count). The van der Waals surface area contributed by atoms with E-state index in [-0.39, 0.29) is 29.3 Å². The van der Waals surface area contributed by atoms with E-state index in [1.807, 2.05) is 4.90 Å². The number of aromatic nitrogens is 3. The average Bonchev–Trinajstić information content (AvgIpc) is 3.42. The van der Waals surface area contributed by atoms with Crippen molar-refractivity contribution in [1.29, 1.82) is 0 Å². The number of likely N-dealkylation sites (tertiary alicyclic amines) is 1. The zero-order chi connectivity index (χ0) is 25.3. The van der Waals surface area contributed by atoms with Crippen LogP contribution in [0.5, 0.6) is 0 Å². The van der Waals surface area contributed by atoms with Gasteiger partial charge in [-0.1, -0.05) is 20.4 Å². The maximum atomic E-state index is 12.2. The lowest BCUT2D eigenvalue weighted by Crippen LogP contribution is -2.59. The smallest absolute Gasteiger partial charge is 0.245 e. The zero-order valence-corrected chi connectivity index (χ0v) is 21.7. The molecule has 9 nitrogen and oxygen atoms in total. The number of fused-ring (bicyclic) bond motifs is 1. The summed E-state index contributed by atoms with van der Waals surface area (Å²) in [6.45, 7) is 15.4. The van der Waals surface area contributed by atoms with Crippen LogP contribution in [0.4, 0.5) is 11.8 Å². The van der Waals surface area contributed by atoms with Gasteiger partial charge < -0.3 is 25.0 Å². The fraction of sp³-hybridized carbons (Fsp3) is 0.615. The van der Waals surface area contributed by atoms with Crippen molar-refractivity contribution >= 4 is 34.6 Å². The molecule has 4 heterocycles. The second kappa shape index (κ2) is 9.87. The Morgan fingerprint density at radius 1 is 1.20 bits per heavy atom. The highest BCUT2D eigenvalue weighted by molar-refractivity contribution is 5.89. The minimum Gasteiger partial charge on any atom is -0.366 e. The first-order chi connectivity index (χ1) is 16.6. The molecular formula is C26H39N7O2. The van der Waals surface area contributed by atoms with Crippen molar-refractivity contribution < 1.29 is 9.59 Å². The maximum Gasteiger partial charge on any atom is 0.245 e. The van der Waals surface area contributed by atoms with E-state index in [1.165, 1.54) is 6.08 Å². The fourth-order valence-corrected chi connectivity index (χ4v) is 5.38. The minimum absolute atomic E-state index is 0.000280. The van der Waals surface area contributed by atoms with Crippen LogP contribution in [0.1, 0.15) is 53.0 Å². The van der Waals surface area contributed by atoms with Crippen LogP contribution in [0.15, 0.2) is 24.9 Å². The Hall–Kier alpha value is -3.10. The molecule has 0 unspecified atom stereocenters. The van der Waals surface area contributed by atoms with E-state index in [2.05, 4.69) is 66.6 Å². The number of rotatable bonds is 9. The Morgan fingerprint density at radius 2 is 1.94 bits per heavy atom. The van der Waals surface area contributed by atoms with Crippen LogP contribution in [0, 0.1) is 11.3 Å². The van der Waals surface area contributed by atoms with Crippen LogP contribution in [0.3, 0.4) is 0 Å². The van der Waals surface area contributed by atoms with E-state index in [0.717, 1.165) is 55.9 Å². The van der Waals surface area contributed by atoms with Gasteiger partial charge >= 0.3 is 0 Å². The third-order valence-electron chi connectivity index (χ3n) is 7.18. The monoisotopic (exact) mass is 481 g/mol. The van der Waals surface area contributed by atoms with Gasteiger partial charge in [-0.3, -0.25) is 9.59 Å². The van der Waals surface area contributed by atoms with Crippen LogP contribution in [0.25, 0.3) is 11.0 Å². The van der Waals surface area contributed by atoms with Crippen molar-refractivity contribution in [1.82, 2.24) is 24.8 Å². The highest BCUT2D eigenvalue weighted by Crippen LogP contribution is 2.41. The van der Waals surface area contributed by atoms with Crippen LogP contribution in [-0.2, 0) is 9.59 Å². The van der Waals surface area contributed by atoms with Gasteiger partial charge in [0.15, 0.2) is 0 Å². The molecule has 2 saturated heterocycles. The summed E-state index contributed by atoms with van der Waals surface area (Å²) in [6, 6.07) is 2.29. The Labute approximate surface area is 208 Å². The van der Waals surface area contributed by atoms with E-state index in [9.17, 15) is 9.59 Å². The first-order valence-electron chi connectivity index (χ1n) is 12.7. The SMILES string of the molecule is C=CC(=O)N1CC2(CCN(c3nc(N[C@H](CC(=O)NC)CC(C)C)c4ccn(C(C)C)c4n3)C2)C1. The van der Waals surface area contributed by atoms with Gasteiger partial charge in [-0.05, 0) is 44.7 Å². The molecule has 0 aliphatic carbocycles. The topological polar surface area (TPSA) is 95.4 Å². The second-order valence-corrected chi connectivity index (χ2v) is 10.8. The summed E-state index contributed by atoms with van der Waals surface area (Å²) in [5.74, 6) is 1.93. The largest absolute Gasteiger partial charge is 0.366 e. The predicted octanol–water partition coefficient (Wildman–Crippen LogP) is 3.20. The molecule has 0 saturated carbocycles. The third-order valence-corrected chi connectivity index (χ3v) is 7.18. The van der Waals surface area contributed by atoms with Crippen molar-refractivity contribution in [2.75, 3.05) is 43.4 Å². The minimum atomic E-state index is -0.0293. The van der Waals surface area contributed by atoms with Crippen LogP contribution in [0.2, 0.25) is 0 Å². The van der Waals surface area contributed by atoms with E-state index < -0.39 is 0 Å². The lowest BCUT2D eigenvalue weighted by Gasteiger charge is -2.47. The summed E-state index contributed by atoms with van der Waals surface area (Å²) in [5.41, 5.74) is 0.998. The van der Waals surface area contributed by atoms with Crippen LogP contribution >= 0.6 is 0 Å². The molecule has 2 aromatic heterocycles. The summed E-state index contributed by atoms with van der Waals surface area (Å²) < 4.78 is 2.17. The molecule has 2 fully saturated rings. The molecular weight excluding hydrogens is 442 g/mol. The Morgan fingerprint density at radius 3 is 2.57 bits per heavy atom. The highest BCUT2D eigenvalue weighted by atomic mass is 16.2. The molecule has 2 aliphatic rings. The quantitative estimate of drug-likeness (QED) is 0.534. The van der Waals surface area contributed by atoms with Gasteiger partial charge in [-0.25, -0.2) is 0 Å². The Bertz CT molecular complexity index is 1100. The molecule has 1 atom stereocenters. The summed E-state index contributed by atoms with van der Waals surface area (Å²) >= 11 is 0. The van der Waals surface area contributed by atoms with Gasteiger partial charge in [0, 0.05) is 63.3 Å². The van der Waals surface area contributed by atoms with Gasteiger partial charge in [0.25, 0.3) is 0 Å². The van der Waals surface area contributed by atoms with Crippen molar-refractivity contribution in [2.45, 2.75) is 59.0 Å². The normalized spacial score (nSPS) is 17.8. The lowest BCUT2D eigenvalue weighted by atomic mass is 9.79. The van der Waals surface area contributed by atoms with Crippen LogP contribution in [-0.4, -0.2) is 70.5 Å². The number of hydrogen-bond acceptors (Lipinski definition) is 6. The van der Waals surface area contributed by atoms with E-state index >= 15 is 0 Å². The first-order valence-corrected chi connectivity index (χ1v) is 12.7. The maximum absolute atomic E-state index is 12.2. The molecule has 9 heteroatoms. The summed E-state index contributed by atoms with van der Waals surface area (Å²) in [6.07, 6.45) is 5.71. The van der Waals surface area contributed by atoms with Gasteiger partial charge in [0.05, 0.1) is 5.39 Å². The highest BCUT2D eigenvalue weighted by Gasteiger charge is 2.49. The fourth-order valence-electron chi connectivity index (χ4n) is 5.38. The summed E-state index contributed by atoms with van der Waals surface area (Å²) in [4.78, 5) is 38.3. The molecule has 0 radical (unpaired) electrons. The van der Waals surface area contributed by atoms with E-state index in [1.54, 1.807) is 7.05 Å². The number of nitrogens with zero attached hydrogens (tertiary/aromatic N) is 5. The Balaban J connectivity index is 1.64. The Kier molecular flexibility index (Phi) is 7.05. The standard InChI is InChI=1S/C26H39N7O2/c1-7-22(35)32-15-26(16-32)9-11-31(14-26)25-29-23(20-8-10-33(18(4)5)24(20)30-25)28-19(12-17(2)3)13-21(34)27-6/h7-8,10,17-19H,1,9,11-16H2,2-6H3,(H,27,34)(H,28,29,30)/t19-/m0/s1. The van der Waals surface area contributed by atoms with E-state index in [0.29, 0.717) is 18.3 Å². The molecule has 2 aromatic rings. The van der Waals surface area contributed by atoms with Crippen molar-refractivity contribution in [2.24, 2.45) is 11.3 Å². The van der Waals surface area contributed by atoms with E-state index in [4.69, 9.17) is 9.97 Å². The summed E-state index contributed by atoms with van der Waals surface area (Å²) in [5, 5.41) is 7.31. The number of carbonyl (C=O) groups excluding carboxylic acids is 2. The number of anilines is 2. The number of carbonyl (C=O) groups is 2. The second-order valence-electron chi connectivity index (χ2n) is 10.8. The molecule has 0 bridgehead atoms. The molecule has 190 valence electrons. The number of nitrogens with one attached hydrogen (secondary N) is 2. The average molecular weight is 482 g/mol. The first kappa shape index (κ1) is 25.0. The molecule has 1 spiro atoms. The van der Waals surface area contributed by atoms with Crippen molar-refractivity contribution in [3.05, 3.63) is 24.9 Å². The van der Waals surface area contributed by atoms with Gasteiger partial charge in [0.1, 0.15) is 11.5 Å². The third kappa shape index (κ3) is 5.13. The number of amides is 2. The molecule has 2 aliphatic heterocycles. The lowest BCUT2D eigenvalue weighted by molar-refractivity contribution is -0.136. The van der Waals surface area contributed by atoms with Crippen molar-refractivity contribution in [3.63, 3.8) is 0 Å². The number of hydrogen-bond donors (Lipinski definition) is 2. The molecule has 2 amide bonds. The van der Waals surface area contributed by atoms with Gasteiger partial charge in [-0.2, -0.15) is 9.97 Å². The van der Waals surface area contributed by atoms with Crippen molar-refractivity contribution in [3.8, 4) is 0 Å². The predicted molar refractivity (Wildman–Crippen MR) is 140 cm³/mol. The van der Waals surface area contributed by atoms with Crippen LogP contribution < -0.4 is 15.5 Å². The molecule has 0 aromatic carbocycles. The summed E-state index contributed by atoms with van der Waals surface area (Å²) in [7, 11) is 1.67. The molecule has 35 heavy (non-hydrogen) atoms. The zero-order valence-electron chi connectivity index (χ0n) is 21.7. The molecule has 2 N–H and O–H groups in total. The van der Waals surface area contributed by atoms with Gasteiger partial charge in [-0.15, -0.1) is 0 Å².